The quantitative estimate of drug-likeness (QED) is 0.909. The number of rotatable bonds is 5. The molecule has 128 valence electrons. The monoisotopic (exact) mass is 325 g/mol. The first-order valence-corrected chi connectivity index (χ1v) is 8.73. The molecule has 1 atom stereocenters. The maximum atomic E-state index is 10.9. The van der Waals surface area contributed by atoms with Gasteiger partial charge in [-0.3, -0.25) is 4.90 Å². The first-order valence-electron chi connectivity index (χ1n) is 8.73. The van der Waals surface area contributed by atoms with Crippen LogP contribution < -0.4 is 4.74 Å². The van der Waals surface area contributed by atoms with Gasteiger partial charge in [0.25, 0.3) is 0 Å². The number of ether oxygens (including phenoxy) is 1. The van der Waals surface area contributed by atoms with Crippen molar-refractivity contribution in [3.05, 3.63) is 65.2 Å². The van der Waals surface area contributed by atoms with E-state index in [2.05, 4.69) is 49.1 Å². The average Bonchev–Trinajstić information content (AvgIpc) is 2.57. The summed E-state index contributed by atoms with van der Waals surface area (Å²) in [6, 6.07) is 16.5. The van der Waals surface area contributed by atoms with Gasteiger partial charge in [-0.1, -0.05) is 36.4 Å². The average molecular weight is 325 g/mol. The second kappa shape index (κ2) is 7.37. The number of piperidine rings is 1. The number of hydrogen-bond acceptors (Lipinski definition) is 3. The molecule has 1 fully saturated rings. The van der Waals surface area contributed by atoms with Gasteiger partial charge in [0.2, 0.25) is 0 Å². The van der Waals surface area contributed by atoms with Gasteiger partial charge in [-0.15, -0.1) is 0 Å². The summed E-state index contributed by atoms with van der Waals surface area (Å²) in [5, 5.41) is 10.9. The van der Waals surface area contributed by atoms with Crippen LogP contribution in [0.15, 0.2) is 48.5 Å². The van der Waals surface area contributed by atoms with E-state index in [4.69, 9.17) is 4.74 Å². The Labute approximate surface area is 144 Å². The van der Waals surface area contributed by atoms with Gasteiger partial charge in [0.1, 0.15) is 18.0 Å². The Kier molecular flexibility index (Phi) is 5.22. The minimum atomic E-state index is -0.772. The summed E-state index contributed by atoms with van der Waals surface area (Å²) in [6.07, 6.45) is 1.79. The fourth-order valence-corrected chi connectivity index (χ4v) is 3.32. The largest absolute Gasteiger partial charge is 0.491 e. The summed E-state index contributed by atoms with van der Waals surface area (Å²) in [6.45, 7) is 7.09. The predicted molar refractivity (Wildman–Crippen MR) is 97.3 cm³/mol. The molecule has 3 heteroatoms. The van der Waals surface area contributed by atoms with E-state index in [0.29, 0.717) is 13.2 Å². The molecule has 0 aromatic heterocycles. The molecule has 0 radical (unpaired) electrons. The van der Waals surface area contributed by atoms with Crippen molar-refractivity contribution >= 4 is 0 Å². The SMILES string of the molecule is Cc1ccc(OCC2(O)CCCN(Cc3ccccc3)C2)cc1C. The molecule has 1 aliphatic rings. The number of β-amino-alcohol motifs (C(OH)–C–C–N with tert-alkyl or cyclic N) is 1. The van der Waals surface area contributed by atoms with E-state index in [-0.39, 0.29) is 0 Å². The van der Waals surface area contributed by atoms with Crippen molar-refractivity contribution in [2.24, 2.45) is 0 Å². The van der Waals surface area contributed by atoms with Crippen LogP contribution >= 0.6 is 0 Å². The third-order valence-electron chi connectivity index (χ3n) is 4.87. The molecule has 1 N–H and O–H groups in total. The maximum Gasteiger partial charge on any atom is 0.119 e. The predicted octanol–water partition coefficient (Wildman–Crippen LogP) is 3.71. The number of aliphatic hydroxyl groups is 1. The summed E-state index contributed by atoms with van der Waals surface area (Å²) in [7, 11) is 0. The van der Waals surface area contributed by atoms with Crippen molar-refractivity contribution < 1.29 is 9.84 Å². The lowest BCUT2D eigenvalue weighted by atomic mass is 9.93. The zero-order valence-electron chi connectivity index (χ0n) is 14.7. The van der Waals surface area contributed by atoms with Gasteiger partial charge in [0.15, 0.2) is 0 Å². The van der Waals surface area contributed by atoms with Crippen molar-refractivity contribution in [3.8, 4) is 5.75 Å². The van der Waals surface area contributed by atoms with Gasteiger partial charge in [0, 0.05) is 13.1 Å². The van der Waals surface area contributed by atoms with Crippen LogP contribution in [0.1, 0.15) is 29.5 Å². The molecule has 0 amide bonds. The normalized spacial score (nSPS) is 21.6. The van der Waals surface area contributed by atoms with Gasteiger partial charge in [-0.05, 0) is 62.1 Å². The van der Waals surface area contributed by atoms with Crippen molar-refractivity contribution in [3.63, 3.8) is 0 Å². The molecule has 24 heavy (non-hydrogen) atoms. The van der Waals surface area contributed by atoms with Gasteiger partial charge in [-0.2, -0.15) is 0 Å². The van der Waals surface area contributed by atoms with Crippen LogP contribution in [0, 0.1) is 13.8 Å². The van der Waals surface area contributed by atoms with E-state index in [1.807, 2.05) is 18.2 Å². The van der Waals surface area contributed by atoms with Crippen LogP contribution in [0.25, 0.3) is 0 Å². The van der Waals surface area contributed by atoms with E-state index >= 15 is 0 Å². The third kappa shape index (κ3) is 4.37. The summed E-state index contributed by atoms with van der Waals surface area (Å²) < 4.78 is 5.91. The number of nitrogens with zero attached hydrogens (tertiary/aromatic N) is 1. The molecule has 0 aliphatic carbocycles. The summed E-state index contributed by atoms with van der Waals surface area (Å²) in [5.41, 5.74) is 2.99. The van der Waals surface area contributed by atoms with Crippen LogP contribution in [-0.2, 0) is 6.54 Å². The van der Waals surface area contributed by atoms with Crippen molar-refractivity contribution in [1.82, 2.24) is 4.90 Å². The molecular formula is C21H27NO2. The first kappa shape index (κ1) is 17.0. The minimum Gasteiger partial charge on any atom is -0.491 e. The lowest BCUT2D eigenvalue weighted by molar-refractivity contribution is -0.0621. The Hall–Kier alpha value is -1.84. The van der Waals surface area contributed by atoms with Gasteiger partial charge in [-0.25, -0.2) is 0 Å². The molecule has 0 saturated carbocycles. The fraction of sp³-hybridized carbons (Fsp3) is 0.429. The highest BCUT2D eigenvalue weighted by Crippen LogP contribution is 2.25. The number of benzene rings is 2. The number of aryl methyl sites for hydroxylation is 2. The van der Waals surface area contributed by atoms with E-state index in [1.54, 1.807) is 0 Å². The molecular weight excluding hydrogens is 298 g/mol. The first-order chi connectivity index (χ1) is 11.5. The zero-order chi connectivity index (χ0) is 17.0. The Morgan fingerprint density at radius 3 is 2.62 bits per heavy atom. The van der Waals surface area contributed by atoms with Crippen LogP contribution in [-0.4, -0.2) is 35.3 Å². The Morgan fingerprint density at radius 2 is 1.88 bits per heavy atom. The topological polar surface area (TPSA) is 32.7 Å². The lowest BCUT2D eigenvalue weighted by Crippen LogP contribution is -2.51. The highest BCUT2D eigenvalue weighted by atomic mass is 16.5. The van der Waals surface area contributed by atoms with Gasteiger partial charge in [0.05, 0.1) is 0 Å². The lowest BCUT2D eigenvalue weighted by Gasteiger charge is -2.39. The van der Waals surface area contributed by atoms with Gasteiger partial charge >= 0.3 is 0 Å². The standard InChI is InChI=1S/C21H27NO2/c1-17-9-10-20(13-18(17)2)24-16-21(23)11-6-12-22(15-21)14-19-7-4-3-5-8-19/h3-5,7-10,13,23H,6,11-12,14-16H2,1-2H3. The minimum absolute atomic E-state index is 0.348. The molecule has 1 unspecified atom stereocenters. The van der Waals surface area contributed by atoms with Crippen LogP contribution in [0.2, 0.25) is 0 Å². The highest BCUT2D eigenvalue weighted by Gasteiger charge is 2.34. The highest BCUT2D eigenvalue weighted by molar-refractivity contribution is 5.33. The van der Waals surface area contributed by atoms with Crippen LogP contribution in [0.4, 0.5) is 0 Å². The number of likely N-dealkylation sites (tertiary alicyclic amines) is 1. The van der Waals surface area contributed by atoms with E-state index < -0.39 is 5.60 Å². The van der Waals surface area contributed by atoms with E-state index in [9.17, 15) is 5.11 Å². The van der Waals surface area contributed by atoms with Gasteiger partial charge < -0.3 is 9.84 Å². The molecule has 1 heterocycles. The summed E-state index contributed by atoms with van der Waals surface area (Å²) >= 11 is 0. The third-order valence-corrected chi connectivity index (χ3v) is 4.87. The summed E-state index contributed by atoms with van der Waals surface area (Å²) in [5.74, 6) is 0.840. The molecule has 2 aromatic rings. The summed E-state index contributed by atoms with van der Waals surface area (Å²) in [4.78, 5) is 2.32. The molecule has 1 saturated heterocycles. The molecule has 1 aliphatic heterocycles. The van der Waals surface area contributed by atoms with Crippen molar-refractivity contribution in [1.29, 1.82) is 0 Å². The fourth-order valence-electron chi connectivity index (χ4n) is 3.32. The number of hydrogen-bond donors (Lipinski definition) is 1. The van der Waals surface area contributed by atoms with E-state index in [1.165, 1.54) is 16.7 Å². The maximum absolute atomic E-state index is 10.9. The van der Waals surface area contributed by atoms with Crippen LogP contribution in [0.3, 0.4) is 0 Å². The van der Waals surface area contributed by atoms with E-state index in [0.717, 1.165) is 31.7 Å². The zero-order valence-corrected chi connectivity index (χ0v) is 14.7. The Balaban J connectivity index is 1.58. The molecule has 3 rings (SSSR count). The van der Waals surface area contributed by atoms with Crippen molar-refractivity contribution in [2.75, 3.05) is 19.7 Å². The Morgan fingerprint density at radius 1 is 1.08 bits per heavy atom. The molecule has 0 spiro atoms. The Bertz CT molecular complexity index is 671. The smallest absolute Gasteiger partial charge is 0.119 e. The second-order valence-corrected chi connectivity index (χ2v) is 7.06. The molecule has 2 aromatic carbocycles. The van der Waals surface area contributed by atoms with Crippen LogP contribution in [0.5, 0.6) is 5.75 Å². The van der Waals surface area contributed by atoms with Crippen molar-refractivity contribution in [2.45, 2.75) is 38.8 Å². The second-order valence-electron chi connectivity index (χ2n) is 7.06. The molecule has 3 nitrogen and oxygen atoms in total. The molecule has 0 bridgehead atoms.